The number of carbonyl (C=O) groups excluding carboxylic acids is 2. The van der Waals surface area contributed by atoms with Crippen LogP contribution in [-0.2, 0) is 14.3 Å². The Kier molecular flexibility index (Phi) is 7.08. The molecule has 5 nitrogen and oxygen atoms in total. The molecule has 0 bridgehead atoms. The summed E-state index contributed by atoms with van der Waals surface area (Å²) in [5.74, 6) is -0.522. The second kappa shape index (κ2) is 7.74. The molecule has 0 saturated carbocycles. The van der Waals surface area contributed by atoms with Crippen LogP contribution in [0.25, 0.3) is 0 Å². The number of hydrogen-bond acceptors (Lipinski definition) is 4. The lowest BCUT2D eigenvalue weighted by Gasteiger charge is -2.25. The molecule has 0 saturated heterocycles. The van der Waals surface area contributed by atoms with Crippen LogP contribution in [-0.4, -0.2) is 30.3 Å². The SMILES string of the molecule is C=CC(=O)OCC(CC)OC(=O)NC(C)(C)CC. The fraction of sp³-hybridized carbons (Fsp3) is 0.692. The van der Waals surface area contributed by atoms with E-state index in [4.69, 9.17) is 9.47 Å². The molecule has 0 aliphatic rings. The average molecular weight is 257 g/mol. The van der Waals surface area contributed by atoms with Crippen LogP contribution in [0, 0.1) is 0 Å². The van der Waals surface area contributed by atoms with Crippen molar-refractivity contribution < 1.29 is 19.1 Å². The van der Waals surface area contributed by atoms with E-state index in [1.165, 1.54) is 0 Å². The smallest absolute Gasteiger partial charge is 0.407 e. The maximum absolute atomic E-state index is 11.6. The Morgan fingerprint density at radius 2 is 2.00 bits per heavy atom. The molecule has 0 aromatic rings. The molecular weight excluding hydrogens is 234 g/mol. The summed E-state index contributed by atoms with van der Waals surface area (Å²) in [6.45, 7) is 11.0. The van der Waals surface area contributed by atoms with Gasteiger partial charge in [0.15, 0.2) is 0 Å². The molecule has 18 heavy (non-hydrogen) atoms. The molecule has 1 amide bonds. The van der Waals surface area contributed by atoms with Gasteiger partial charge in [0.2, 0.25) is 0 Å². The van der Waals surface area contributed by atoms with Gasteiger partial charge in [0.05, 0.1) is 0 Å². The summed E-state index contributed by atoms with van der Waals surface area (Å²) in [5, 5.41) is 2.75. The average Bonchev–Trinajstić information content (AvgIpc) is 2.33. The summed E-state index contributed by atoms with van der Waals surface area (Å²) in [6, 6.07) is 0. The van der Waals surface area contributed by atoms with E-state index in [1.807, 2.05) is 27.7 Å². The minimum atomic E-state index is -0.522. The van der Waals surface area contributed by atoms with Crippen LogP contribution in [0.1, 0.15) is 40.5 Å². The predicted octanol–water partition coefficient (Wildman–Crippen LogP) is 2.41. The summed E-state index contributed by atoms with van der Waals surface area (Å²) < 4.78 is 10.0. The largest absolute Gasteiger partial charge is 0.459 e. The Bertz CT molecular complexity index is 299. The highest BCUT2D eigenvalue weighted by molar-refractivity contribution is 5.81. The highest BCUT2D eigenvalue weighted by Crippen LogP contribution is 2.08. The molecular formula is C13H23NO4. The highest BCUT2D eigenvalue weighted by atomic mass is 16.6. The van der Waals surface area contributed by atoms with Crippen molar-refractivity contribution in [2.45, 2.75) is 52.2 Å². The molecule has 0 heterocycles. The molecule has 0 fully saturated rings. The van der Waals surface area contributed by atoms with Crippen molar-refractivity contribution in [1.82, 2.24) is 5.32 Å². The van der Waals surface area contributed by atoms with Crippen molar-refractivity contribution >= 4 is 12.1 Å². The number of ether oxygens (including phenoxy) is 2. The van der Waals surface area contributed by atoms with Crippen molar-refractivity contribution in [1.29, 1.82) is 0 Å². The van der Waals surface area contributed by atoms with Crippen LogP contribution in [0.15, 0.2) is 12.7 Å². The molecule has 104 valence electrons. The maximum Gasteiger partial charge on any atom is 0.407 e. The van der Waals surface area contributed by atoms with Crippen LogP contribution in [0.2, 0.25) is 0 Å². The van der Waals surface area contributed by atoms with Crippen LogP contribution >= 0.6 is 0 Å². The van der Waals surface area contributed by atoms with E-state index < -0.39 is 18.2 Å². The van der Waals surface area contributed by atoms with Gasteiger partial charge in [-0.15, -0.1) is 0 Å². The molecule has 0 rings (SSSR count). The summed E-state index contributed by atoms with van der Waals surface area (Å²) in [4.78, 5) is 22.5. The molecule has 0 aliphatic carbocycles. The second-order valence-electron chi connectivity index (χ2n) is 4.63. The number of hydrogen-bond donors (Lipinski definition) is 1. The van der Waals surface area contributed by atoms with Gasteiger partial charge in [-0.25, -0.2) is 9.59 Å². The summed E-state index contributed by atoms with van der Waals surface area (Å²) >= 11 is 0. The number of rotatable bonds is 7. The summed E-state index contributed by atoms with van der Waals surface area (Å²) in [6.07, 6.45) is 1.51. The Hall–Kier alpha value is -1.52. The molecule has 1 N–H and O–H groups in total. The second-order valence-corrected chi connectivity index (χ2v) is 4.63. The quantitative estimate of drug-likeness (QED) is 0.562. The minimum absolute atomic E-state index is 0.0430. The third kappa shape index (κ3) is 6.93. The molecule has 0 aromatic carbocycles. The van der Waals surface area contributed by atoms with Gasteiger partial charge in [-0.3, -0.25) is 0 Å². The van der Waals surface area contributed by atoms with Crippen molar-refractivity contribution in [3.63, 3.8) is 0 Å². The van der Waals surface area contributed by atoms with Crippen LogP contribution < -0.4 is 5.32 Å². The maximum atomic E-state index is 11.6. The van der Waals surface area contributed by atoms with Gasteiger partial charge in [-0.1, -0.05) is 20.4 Å². The van der Waals surface area contributed by atoms with Gasteiger partial charge < -0.3 is 14.8 Å². The van der Waals surface area contributed by atoms with Gasteiger partial charge in [0.25, 0.3) is 0 Å². The number of amides is 1. The Morgan fingerprint density at radius 1 is 1.39 bits per heavy atom. The van der Waals surface area contributed by atoms with Gasteiger partial charge in [-0.05, 0) is 26.7 Å². The van der Waals surface area contributed by atoms with Gasteiger partial charge in [-0.2, -0.15) is 0 Å². The van der Waals surface area contributed by atoms with E-state index >= 15 is 0 Å². The number of alkyl carbamates (subject to hydrolysis) is 1. The van der Waals surface area contributed by atoms with Crippen LogP contribution in [0.4, 0.5) is 4.79 Å². The Labute approximate surface area is 109 Å². The van der Waals surface area contributed by atoms with Crippen molar-refractivity contribution in [2.24, 2.45) is 0 Å². The predicted molar refractivity (Wildman–Crippen MR) is 69.2 cm³/mol. The first-order chi connectivity index (χ1) is 8.34. The van der Waals surface area contributed by atoms with E-state index in [0.29, 0.717) is 6.42 Å². The topological polar surface area (TPSA) is 64.6 Å². The third-order valence-corrected chi connectivity index (χ3v) is 2.63. The van der Waals surface area contributed by atoms with E-state index in [0.717, 1.165) is 12.5 Å². The van der Waals surface area contributed by atoms with Crippen molar-refractivity contribution in [3.8, 4) is 0 Å². The van der Waals surface area contributed by atoms with Crippen LogP contribution in [0.3, 0.4) is 0 Å². The van der Waals surface area contributed by atoms with E-state index in [1.54, 1.807) is 0 Å². The van der Waals surface area contributed by atoms with Gasteiger partial charge in [0.1, 0.15) is 12.7 Å². The van der Waals surface area contributed by atoms with E-state index in [-0.39, 0.29) is 12.1 Å². The number of carbonyl (C=O) groups is 2. The first kappa shape index (κ1) is 16.5. The molecule has 1 atom stereocenters. The molecule has 0 aliphatic heterocycles. The third-order valence-electron chi connectivity index (χ3n) is 2.63. The first-order valence-electron chi connectivity index (χ1n) is 6.12. The first-order valence-corrected chi connectivity index (χ1v) is 6.12. The fourth-order valence-corrected chi connectivity index (χ4v) is 1.01. The monoisotopic (exact) mass is 257 g/mol. The lowest BCUT2D eigenvalue weighted by molar-refractivity contribution is -0.140. The lowest BCUT2D eigenvalue weighted by atomic mass is 10.0. The van der Waals surface area contributed by atoms with Crippen molar-refractivity contribution in [2.75, 3.05) is 6.61 Å². The zero-order valence-corrected chi connectivity index (χ0v) is 11.6. The van der Waals surface area contributed by atoms with Crippen molar-refractivity contribution in [3.05, 3.63) is 12.7 Å². The Morgan fingerprint density at radius 3 is 2.44 bits per heavy atom. The molecule has 0 radical (unpaired) electrons. The van der Waals surface area contributed by atoms with E-state index in [2.05, 4.69) is 11.9 Å². The van der Waals surface area contributed by atoms with E-state index in [9.17, 15) is 9.59 Å². The standard InChI is InChI=1S/C13H23NO4/c1-6-10(9-17-11(15)7-2)18-12(16)14-13(4,5)8-3/h7,10H,2,6,8-9H2,1,3-5H3,(H,14,16). The fourth-order valence-electron chi connectivity index (χ4n) is 1.01. The summed E-state index contributed by atoms with van der Waals surface area (Å²) in [5.41, 5.74) is -0.312. The highest BCUT2D eigenvalue weighted by Gasteiger charge is 2.21. The number of nitrogens with one attached hydrogen (secondary N) is 1. The molecule has 0 spiro atoms. The molecule has 1 unspecified atom stereocenters. The zero-order chi connectivity index (χ0) is 14.2. The summed E-state index contributed by atoms with van der Waals surface area (Å²) in [7, 11) is 0. The zero-order valence-electron chi connectivity index (χ0n) is 11.6. The van der Waals surface area contributed by atoms with Gasteiger partial charge in [0, 0.05) is 11.6 Å². The Balaban J connectivity index is 4.16. The molecule has 5 heteroatoms. The van der Waals surface area contributed by atoms with Crippen LogP contribution in [0.5, 0.6) is 0 Å². The minimum Gasteiger partial charge on any atom is -0.459 e. The molecule has 0 aromatic heterocycles. The lowest BCUT2D eigenvalue weighted by Crippen LogP contribution is -2.44. The number of esters is 1. The normalized spacial score (nSPS) is 12.4. The van der Waals surface area contributed by atoms with Gasteiger partial charge >= 0.3 is 12.1 Å².